The summed E-state index contributed by atoms with van der Waals surface area (Å²) < 4.78 is 5.57. The van der Waals surface area contributed by atoms with Crippen LogP contribution in [0, 0.1) is 0 Å². The molecule has 0 aromatic heterocycles. The van der Waals surface area contributed by atoms with Crippen molar-refractivity contribution < 1.29 is 9.53 Å². The summed E-state index contributed by atoms with van der Waals surface area (Å²) in [6.45, 7) is 2.70. The van der Waals surface area contributed by atoms with Crippen molar-refractivity contribution in [3.63, 3.8) is 0 Å². The highest BCUT2D eigenvalue weighted by Gasteiger charge is 2.27. The van der Waals surface area contributed by atoms with Gasteiger partial charge in [-0.3, -0.25) is 4.79 Å². The lowest BCUT2D eigenvalue weighted by atomic mass is 10.0. The maximum absolute atomic E-state index is 11.9. The third-order valence-electron chi connectivity index (χ3n) is 3.38. The van der Waals surface area contributed by atoms with Gasteiger partial charge in [0.25, 0.3) is 0 Å². The van der Waals surface area contributed by atoms with Gasteiger partial charge in [0.1, 0.15) is 0 Å². The van der Waals surface area contributed by atoms with Crippen LogP contribution >= 0.6 is 0 Å². The van der Waals surface area contributed by atoms with Crippen LogP contribution in [0.25, 0.3) is 0 Å². The van der Waals surface area contributed by atoms with Gasteiger partial charge in [0.05, 0.1) is 18.6 Å². The number of hydrogen-bond acceptors (Lipinski definition) is 3. The van der Waals surface area contributed by atoms with E-state index < -0.39 is 0 Å². The van der Waals surface area contributed by atoms with E-state index in [1.807, 2.05) is 11.9 Å². The van der Waals surface area contributed by atoms with Gasteiger partial charge in [0, 0.05) is 26.7 Å². The van der Waals surface area contributed by atoms with Crippen molar-refractivity contribution in [3.05, 3.63) is 0 Å². The molecule has 1 amide bonds. The van der Waals surface area contributed by atoms with E-state index in [1.54, 1.807) is 0 Å². The van der Waals surface area contributed by atoms with Crippen molar-refractivity contribution >= 4 is 5.91 Å². The number of ether oxygens (including phenoxy) is 1. The molecule has 1 atom stereocenters. The van der Waals surface area contributed by atoms with E-state index >= 15 is 0 Å². The zero-order valence-electron chi connectivity index (χ0n) is 9.37. The van der Waals surface area contributed by atoms with Crippen LogP contribution < -0.4 is 5.32 Å². The maximum Gasteiger partial charge on any atom is 0.225 e. The number of carbonyl (C=O) groups is 1. The number of hydrogen-bond donors (Lipinski definition) is 1. The van der Waals surface area contributed by atoms with Crippen LogP contribution in [-0.4, -0.2) is 49.7 Å². The van der Waals surface area contributed by atoms with Crippen molar-refractivity contribution in [2.45, 2.75) is 37.8 Å². The molecule has 86 valence electrons. The number of likely N-dealkylation sites (N-methyl/N-ethyl adjacent to an activating group) is 1. The van der Waals surface area contributed by atoms with Crippen LogP contribution in [0.5, 0.6) is 0 Å². The lowest BCUT2D eigenvalue weighted by Crippen LogP contribution is -2.57. The van der Waals surface area contributed by atoms with Crippen LogP contribution in [0.15, 0.2) is 0 Å². The average Bonchev–Trinajstić information content (AvgIpc) is 2.16. The average molecular weight is 212 g/mol. The Balaban J connectivity index is 1.74. The molecular formula is C11H20N2O2. The first-order chi connectivity index (χ1) is 7.27. The van der Waals surface area contributed by atoms with Gasteiger partial charge in [-0.05, 0) is 19.3 Å². The summed E-state index contributed by atoms with van der Waals surface area (Å²) in [5.74, 6) is 0.230. The predicted octanol–water partition coefficient (Wildman–Crippen LogP) is 0.376. The zero-order valence-corrected chi connectivity index (χ0v) is 9.37. The van der Waals surface area contributed by atoms with E-state index in [2.05, 4.69) is 5.32 Å². The van der Waals surface area contributed by atoms with Gasteiger partial charge < -0.3 is 15.0 Å². The molecule has 4 heteroatoms. The highest BCUT2D eigenvalue weighted by molar-refractivity contribution is 5.77. The Morgan fingerprint density at radius 2 is 2.27 bits per heavy atom. The monoisotopic (exact) mass is 212 g/mol. The predicted molar refractivity (Wildman–Crippen MR) is 57.6 cm³/mol. The van der Waals surface area contributed by atoms with Crippen molar-refractivity contribution in [2.75, 3.05) is 26.7 Å². The Hall–Kier alpha value is -0.610. The second kappa shape index (κ2) is 4.94. The Kier molecular flexibility index (Phi) is 3.59. The number of nitrogens with zero attached hydrogens (tertiary/aromatic N) is 1. The summed E-state index contributed by atoms with van der Waals surface area (Å²) in [5, 5.41) is 3.18. The SMILES string of the molecule is CN(C(=O)CC1CCCCO1)C1CNC1. The molecule has 2 rings (SSSR count). The normalized spacial score (nSPS) is 27.1. The van der Waals surface area contributed by atoms with Crippen LogP contribution in [0.4, 0.5) is 0 Å². The molecule has 0 radical (unpaired) electrons. The zero-order chi connectivity index (χ0) is 10.7. The fourth-order valence-corrected chi connectivity index (χ4v) is 2.06. The summed E-state index contributed by atoms with van der Waals surface area (Å²) >= 11 is 0. The van der Waals surface area contributed by atoms with Crippen molar-refractivity contribution in [3.8, 4) is 0 Å². The maximum atomic E-state index is 11.9. The largest absolute Gasteiger partial charge is 0.378 e. The lowest BCUT2D eigenvalue weighted by molar-refractivity contribution is -0.136. The molecule has 2 saturated heterocycles. The molecule has 1 N–H and O–H groups in total. The quantitative estimate of drug-likeness (QED) is 0.735. The molecule has 0 aromatic carbocycles. The summed E-state index contributed by atoms with van der Waals surface area (Å²) in [4.78, 5) is 13.7. The first-order valence-corrected chi connectivity index (χ1v) is 5.85. The van der Waals surface area contributed by atoms with E-state index in [-0.39, 0.29) is 12.0 Å². The highest BCUT2D eigenvalue weighted by Crippen LogP contribution is 2.17. The molecular weight excluding hydrogens is 192 g/mol. The standard InChI is InChI=1S/C11H20N2O2/c1-13(9-7-12-8-9)11(14)6-10-4-2-3-5-15-10/h9-10,12H,2-8H2,1H3. The fourth-order valence-electron chi connectivity index (χ4n) is 2.06. The minimum atomic E-state index is 0.168. The molecule has 0 aromatic rings. The van der Waals surface area contributed by atoms with Gasteiger partial charge in [-0.15, -0.1) is 0 Å². The molecule has 2 heterocycles. The molecule has 1 unspecified atom stereocenters. The first kappa shape index (κ1) is 10.9. The van der Waals surface area contributed by atoms with Crippen molar-refractivity contribution in [1.29, 1.82) is 0 Å². The smallest absolute Gasteiger partial charge is 0.225 e. The van der Waals surface area contributed by atoms with E-state index in [4.69, 9.17) is 4.74 Å². The molecule has 2 fully saturated rings. The molecule has 15 heavy (non-hydrogen) atoms. The summed E-state index contributed by atoms with van der Waals surface area (Å²) in [7, 11) is 1.90. The molecule has 0 bridgehead atoms. The second-order valence-electron chi connectivity index (χ2n) is 4.51. The van der Waals surface area contributed by atoms with Gasteiger partial charge in [0.2, 0.25) is 5.91 Å². The van der Waals surface area contributed by atoms with Crippen LogP contribution in [0.1, 0.15) is 25.7 Å². The Morgan fingerprint density at radius 1 is 1.47 bits per heavy atom. The van der Waals surface area contributed by atoms with Crippen LogP contribution in [-0.2, 0) is 9.53 Å². The van der Waals surface area contributed by atoms with Crippen molar-refractivity contribution in [1.82, 2.24) is 10.2 Å². The third-order valence-corrected chi connectivity index (χ3v) is 3.38. The van der Waals surface area contributed by atoms with E-state index in [0.717, 1.165) is 32.5 Å². The van der Waals surface area contributed by atoms with E-state index in [1.165, 1.54) is 6.42 Å². The minimum Gasteiger partial charge on any atom is -0.378 e. The van der Waals surface area contributed by atoms with Gasteiger partial charge in [-0.25, -0.2) is 0 Å². The summed E-state index contributed by atoms with van der Waals surface area (Å²) in [6, 6.07) is 0.404. The Bertz CT molecular complexity index is 223. The molecule has 0 saturated carbocycles. The van der Waals surface area contributed by atoms with Gasteiger partial charge >= 0.3 is 0 Å². The minimum absolute atomic E-state index is 0.168. The van der Waals surface area contributed by atoms with Gasteiger partial charge in [-0.2, -0.15) is 0 Å². The molecule has 4 nitrogen and oxygen atoms in total. The molecule has 2 aliphatic rings. The van der Waals surface area contributed by atoms with E-state index in [9.17, 15) is 4.79 Å². The van der Waals surface area contributed by atoms with Gasteiger partial charge in [0.15, 0.2) is 0 Å². The summed E-state index contributed by atoms with van der Waals surface area (Å²) in [5.41, 5.74) is 0. The second-order valence-corrected chi connectivity index (χ2v) is 4.51. The highest BCUT2D eigenvalue weighted by atomic mass is 16.5. The fraction of sp³-hybridized carbons (Fsp3) is 0.909. The number of rotatable bonds is 3. The molecule has 0 aliphatic carbocycles. The number of nitrogens with one attached hydrogen (secondary N) is 1. The molecule has 0 spiro atoms. The van der Waals surface area contributed by atoms with Crippen LogP contribution in [0.2, 0.25) is 0 Å². The first-order valence-electron chi connectivity index (χ1n) is 5.85. The summed E-state index contributed by atoms with van der Waals surface area (Å²) in [6.07, 6.45) is 4.12. The van der Waals surface area contributed by atoms with Crippen LogP contribution in [0.3, 0.4) is 0 Å². The lowest BCUT2D eigenvalue weighted by Gasteiger charge is -2.36. The number of amides is 1. The Morgan fingerprint density at radius 3 is 2.80 bits per heavy atom. The molecule has 2 aliphatic heterocycles. The Labute approximate surface area is 91.0 Å². The third kappa shape index (κ3) is 2.69. The topological polar surface area (TPSA) is 41.6 Å². The number of carbonyl (C=O) groups excluding carboxylic acids is 1. The van der Waals surface area contributed by atoms with Gasteiger partial charge in [-0.1, -0.05) is 0 Å². The van der Waals surface area contributed by atoms with E-state index in [0.29, 0.717) is 12.5 Å². The van der Waals surface area contributed by atoms with Crippen molar-refractivity contribution in [2.24, 2.45) is 0 Å².